The van der Waals surface area contributed by atoms with Crippen molar-refractivity contribution >= 4 is 32.6 Å². The maximum Gasteiger partial charge on any atom is 0.212 e. The first-order valence-electron chi connectivity index (χ1n) is 7.67. The van der Waals surface area contributed by atoms with Crippen molar-refractivity contribution in [3.05, 3.63) is 47.0 Å². The van der Waals surface area contributed by atoms with Crippen molar-refractivity contribution in [2.45, 2.75) is 24.6 Å². The molecule has 0 saturated carbocycles. The molecule has 1 unspecified atom stereocenters. The van der Waals surface area contributed by atoms with Gasteiger partial charge < -0.3 is 0 Å². The Labute approximate surface area is 135 Å². The van der Waals surface area contributed by atoms with Gasteiger partial charge in [-0.3, -0.25) is 0 Å². The molecule has 1 atom stereocenters. The molecule has 22 heavy (non-hydrogen) atoms. The summed E-state index contributed by atoms with van der Waals surface area (Å²) in [7, 11) is -3.17. The third kappa shape index (κ3) is 2.27. The van der Waals surface area contributed by atoms with Gasteiger partial charge in [0.15, 0.2) is 0 Å². The lowest BCUT2D eigenvalue weighted by atomic mass is 9.87. The predicted octanol–water partition coefficient (Wildman–Crippen LogP) is 3.34. The Balaban J connectivity index is 1.92. The van der Waals surface area contributed by atoms with Crippen LogP contribution in [0.3, 0.4) is 0 Å². The van der Waals surface area contributed by atoms with Gasteiger partial charge in [-0.25, -0.2) is 8.42 Å². The first-order chi connectivity index (χ1) is 10.6. The first kappa shape index (κ1) is 14.5. The molecule has 4 rings (SSSR count). The fraction of sp³-hybridized carbons (Fsp3) is 0.412. The van der Waals surface area contributed by atoms with Gasteiger partial charge in [0.25, 0.3) is 0 Å². The summed E-state index contributed by atoms with van der Waals surface area (Å²) in [5.41, 5.74) is 3.97. The minimum absolute atomic E-state index is 0.0822. The molecule has 116 valence electrons. The summed E-state index contributed by atoms with van der Waals surface area (Å²) >= 11 is 1.73. The number of rotatable bonds is 2. The summed E-state index contributed by atoms with van der Waals surface area (Å²) in [4.78, 5) is 0. The van der Waals surface area contributed by atoms with Crippen molar-refractivity contribution in [2.24, 2.45) is 0 Å². The largest absolute Gasteiger partial charge is 0.212 e. The average molecular weight is 333 g/mol. The second kappa shape index (κ2) is 5.25. The van der Waals surface area contributed by atoms with Gasteiger partial charge in [0.1, 0.15) is 0 Å². The lowest BCUT2D eigenvalue weighted by Gasteiger charge is -2.25. The number of hydrogen-bond acceptors (Lipinski definition) is 3. The van der Waals surface area contributed by atoms with E-state index >= 15 is 0 Å². The van der Waals surface area contributed by atoms with Crippen LogP contribution in [0.2, 0.25) is 0 Å². The van der Waals surface area contributed by atoms with E-state index in [0.29, 0.717) is 6.54 Å². The van der Waals surface area contributed by atoms with Gasteiger partial charge in [-0.1, -0.05) is 30.3 Å². The smallest absolute Gasteiger partial charge is 0.212 e. The number of sulfonamides is 1. The molecule has 0 N–H and O–H groups in total. The normalized spacial score (nSPS) is 22.3. The van der Waals surface area contributed by atoms with Crippen molar-refractivity contribution in [2.75, 3.05) is 18.6 Å². The van der Waals surface area contributed by atoms with E-state index < -0.39 is 10.0 Å². The van der Waals surface area contributed by atoms with E-state index in [9.17, 15) is 8.42 Å². The summed E-state index contributed by atoms with van der Waals surface area (Å²) in [6.07, 6.45) is 4.78. The van der Waals surface area contributed by atoms with Gasteiger partial charge in [-0.2, -0.15) is 4.31 Å². The Hall–Kier alpha value is -1.04. The molecule has 1 heterocycles. The summed E-state index contributed by atoms with van der Waals surface area (Å²) in [6.45, 7) is 0.608. The highest BCUT2D eigenvalue weighted by molar-refractivity contribution is 8.00. The van der Waals surface area contributed by atoms with E-state index in [0.717, 1.165) is 24.2 Å². The molecule has 1 aliphatic heterocycles. The number of benzene rings is 2. The van der Waals surface area contributed by atoms with Crippen LogP contribution in [0.4, 0.5) is 0 Å². The monoisotopic (exact) mass is 333 g/mol. The Kier molecular flexibility index (Phi) is 3.47. The molecule has 2 aromatic rings. The molecule has 3 nitrogen and oxygen atoms in total. The average Bonchev–Trinajstić information content (AvgIpc) is 2.98. The summed E-state index contributed by atoms with van der Waals surface area (Å²) in [5.74, 6) is 0.862. The second-order valence-electron chi connectivity index (χ2n) is 6.10. The van der Waals surface area contributed by atoms with Gasteiger partial charge in [-0.15, -0.1) is 11.8 Å². The fourth-order valence-corrected chi connectivity index (χ4v) is 6.56. The molecule has 2 aliphatic rings. The predicted molar refractivity (Wildman–Crippen MR) is 92.7 cm³/mol. The standard InChI is InChI=1S/C17H19NO2S2/c1-22(19,20)18-10-11-21-17(18)15-9-8-13-5-2-4-12-6-3-7-14(15)16(12)13/h3,6-9,17H,2,4-5,10-11H2,1H3. The Bertz CT molecular complexity index is 835. The summed E-state index contributed by atoms with van der Waals surface area (Å²) in [6, 6.07) is 10.8. The molecule has 0 spiro atoms. The van der Waals surface area contributed by atoms with Crippen LogP contribution >= 0.6 is 11.8 Å². The summed E-state index contributed by atoms with van der Waals surface area (Å²) < 4.78 is 25.8. The Morgan fingerprint density at radius 1 is 1.14 bits per heavy atom. The SMILES string of the molecule is CS(=O)(=O)N1CCSC1c1ccc2c3c(cccc13)CCC2. The van der Waals surface area contributed by atoms with Crippen molar-refractivity contribution in [3.8, 4) is 0 Å². The summed E-state index contributed by atoms with van der Waals surface area (Å²) in [5, 5.41) is 2.52. The second-order valence-corrected chi connectivity index (χ2v) is 9.23. The van der Waals surface area contributed by atoms with Crippen LogP contribution in [-0.4, -0.2) is 31.3 Å². The lowest BCUT2D eigenvalue weighted by Crippen LogP contribution is -2.29. The van der Waals surface area contributed by atoms with Crippen LogP contribution in [-0.2, 0) is 22.9 Å². The molecule has 0 aromatic heterocycles. The van der Waals surface area contributed by atoms with E-state index in [1.165, 1.54) is 34.6 Å². The van der Waals surface area contributed by atoms with Crippen LogP contribution in [0.15, 0.2) is 30.3 Å². The van der Waals surface area contributed by atoms with Crippen LogP contribution in [0.5, 0.6) is 0 Å². The molecule has 1 fully saturated rings. The van der Waals surface area contributed by atoms with Crippen LogP contribution in [0.1, 0.15) is 28.5 Å². The molecule has 1 saturated heterocycles. The number of hydrogen-bond donors (Lipinski definition) is 0. The van der Waals surface area contributed by atoms with Gasteiger partial charge in [-0.05, 0) is 46.7 Å². The maximum atomic E-state index is 12.1. The highest BCUT2D eigenvalue weighted by Crippen LogP contribution is 2.44. The molecule has 1 aliphatic carbocycles. The lowest BCUT2D eigenvalue weighted by molar-refractivity contribution is 0.440. The molecule has 0 radical (unpaired) electrons. The van der Waals surface area contributed by atoms with Crippen molar-refractivity contribution < 1.29 is 8.42 Å². The van der Waals surface area contributed by atoms with Crippen molar-refractivity contribution in [1.82, 2.24) is 4.31 Å². The zero-order valence-electron chi connectivity index (χ0n) is 12.6. The fourth-order valence-electron chi connectivity index (χ4n) is 3.72. The minimum Gasteiger partial charge on any atom is -0.212 e. The number of nitrogens with zero attached hydrogens (tertiary/aromatic N) is 1. The van der Waals surface area contributed by atoms with E-state index in [1.54, 1.807) is 16.1 Å². The molecule has 0 bridgehead atoms. The van der Waals surface area contributed by atoms with Crippen molar-refractivity contribution in [1.29, 1.82) is 0 Å². The molecule has 5 heteroatoms. The number of aryl methyl sites for hydroxylation is 2. The van der Waals surface area contributed by atoms with Crippen LogP contribution < -0.4 is 0 Å². The minimum atomic E-state index is -3.17. The molecular formula is C17H19NO2S2. The van der Waals surface area contributed by atoms with Gasteiger partial charge in [0.2, 0.25) is 10.0 Å². The first-order valence-corrected chi connectivity index (χ1v) is 10.6. The van der Waals surface area contributed by atoms with E-state index in [1.807, 2.05) is 0 Å². The zero-order chi connectivity index (χ0) is 15.3. The third-order valence-corrected chi connectivity index (χ3v) is 7.30. The number of thioether (sulfide) groups is 1. The van der Waals surface area contributed by atoms with Crippen LogP contribution in [0, 0.1) is 0 Å². The molecule has 0 amide bonds. The van der Waals surface area contributed by atoms with Gasteiger partial charge in [0, 0.05) is 12.3 Å². The topological polar surface area (TPSA) is 37.4 Å². The highest BCUT2D eigenvalue weighted by Gasteiger charge is 2.34. The Morgan fingerprint density at radius 2 is 1.91 bits per heavy atom. The molecular weight excluding hydrogens is 314 g/mol. The van der Waals surface area contributed by atoms with E-state index in [-0.39, 0.29) is 5.37 Å². The highest BCUT2D eigenvalue weighted by atomic mass is 32.2. The van der Waals surface area contributed by atoms with Crippen molar-refractivity contribution in [3.63, 3.8) is 0 Å². The van der Waals surface area contributed by atoms with E-state index in [4.69, 9.17) is 0 Å². The zero-order valence-corrected chi connectivity index (χ0v) is 14.2. The quantitative estimate of drug-likeness (QED) is 0.846. The third-order valence-electron chi connectivity index (χ3n) is 4.68. The van der Waals surface area contributed by atoms with Gasteiger partial charge >= 0.3 is 0 Å². The van der Waals surface area contributed by atoms with Gasteiger partial charge in [0.05, 0.1) is 11.6 Å². The molecule has 2 aromatic carbocycles. The van der Waals surface area contributed by atoms with Crippen LogP contribution in [0.25, 0.3) is 10.8 Å². The maximum absolute atomic E-state index is 12.1. The Morgan fingerprint density at radius 3 is 2.68 bits per heavy atom. The van der Waals surface area contributed by atoms with E-state index in [2.05, 4.69) is 30.3 Å².